The molecule has 37 heavy (non-hydrogen) atoms. The fourth-order valence-corrected chi connectivity index (χ4v) is 3.26. The highest BCUT2D eigenvalue weighted by Gasteiger charge is 2.19. The number of unbranched alkanes of at least 4 members (excludes halogenated alkanes) is 5. The zero-order chi connectivity index (χ0) is 27.4. The van der Waals surface area contributed by atoms with Crippen LogP contribution in [-0.2, 0) is 28.6 Å². The molecular weight excluding hydrogens is 472 g/mol. The summed E-state index contributed by atoms with van der Waals surface area (Å²) in [5.41, 5.74) is 10.8. The van der Waals surface area contributed by atoms with Crippen LogP contribution in [0.1, 0.15) is 96.8 Å². The molecule has 0 aliphatic heterocycles. The minimum atomic E-state index is -0.836. The second kappa shape index (κ2) is 26.6. The van der Waals surface area contributed by atoms with Gasteiger partial charge in [-0.15, -0.1) is 0 Å². The second-order valence-electron chi connectivity index (χ2n) is 8.86. The van der Waals surface area contributed by atoms with Crippen LogP contribution in [-0.4, -0.2) is 50.3 Å². The van der Waals surface area contributed by atoms with Crippen molar-refractivity contribution in [2.75, 3.05) is 26.3 Å². The van der Waals surface area contributed by atoms with Crippen LogP contribution in [0.15, 0.2) is 36.5 Å². The van der Waals surface area contributed by atoms with Crippen molar-refractivity contribution >= 4 is 17.9 Å². The molecule has 0 radical (unpaired) electrons. The molecule has 0 aromatic rings. The van der Waals surface area contributed by atoms with E-state index in [1.807, 2.05) is 0 Å². The number of esters is 3. The van der Waals surface area contributed by atoms with Gasteiger partial charge in [0, 0.05) is 19.3 Å². The van der Waals surface area contributed by atoms with Gasteiger partial charge in [-0.3, -0.25) is 14.4 Å². The summed E-state index contributed by atoms with van der Waals surface area (Å²) in [6, 6.07) is 0. The first-order chi connectivity index (χ1) is 18.0. The van der Waals surface area contributed by atoms with Crippen molar-refractivity contribution in [1.29, 1.82) is 0 Å². The largest absolute Gasteiger partial charge is 0.462 e. The predicted octanol–water partition coefficient (Wildman–Crippen LogP) is 5.05. The normalized spacial score (nSPS) is 12.4. The zero-order valence-electron chi connectivity index (χ0n) is 22.9. The van der Waals surface area contributed by atoms with E-state index in [9.17, 15) is 14.4 Å². The summed E-state index contributed by atoms with van der Waals surface area (Å²) >= 11 is 0. The van der Waals surface area contributed by atoms with Gasteiger partial charge in [0.15, 0.2) is 6.10 Å². The van der Waals surface area contributed by atoms with Crippen molar-refractivity contribution in [1.82, 2.24) is 0 Å². The molecule has 8 heteroatoms. The van der Waals surface area contributed by atoms with Gasteiger partial charge in [-0.1, -0.05) is 62.6 Å². The van der Waals surface area contributed by atoms with Crippen molar-refractivity contribution < 1.29 is 28.6 Å². The van der Waals surface area contributed by atoms with Crippen molar-refractivity contribution in [3.63, 3.8) is 0 Å². The number of hydrogen-bond acceptors (Lipinski definition) is 8. The third kappa shape index (κ3) is 25.0. The summed E-state index contributed by atoms with van der Waals surface area (Å²) in [7, 11) is 0. The van der Waals surface area contributed by atoms with Crippen LogP contribution in [0.3, 0.4) is 0 Å². The van der Waals surface area contributed by atoms with Gasteiger partial charge in [0.05, 0.1) is 0 Å². The molecule has 0 aromatic carbocycles. The highest BCUT2D eigenvalue weighted by Crippen LogP contribution is 2.09. The summed E-state index contributed by atoms with van der Waals surface area (Å²) in [4.78, 5) is 35.7. The van der Waals surface area contributed by atoms with Crippen LogP contribution in [0.4, 0.5) is 0 Å². The number of nitrogens with two attached hydrogens (primary N) is 2. The van der Waals surface area contributed by atoms with E-state index in [0.29, 0.717) is 32.4 Å². The Morgan fingerprint density at radius 1 is 0.622 bits per heavy atom. The number of hydrogen-bond donors (Lipinski definition) is 2. The third-order valence-corrected chi connectivity index (χ3v) is 5.36. The average Bonchev–Trinajstić information content (AvgIpc) is 2.89. The Morgan fingerprint density at radius 2 is 1.11 bits per heavy atom. The maximum atomic E-state index is 12.1. The molecule has 1 atom stereocenters. The summed E-state index contributed by atoms with van der Waals surface area (Å²) in [6.45, 7) is 2.59. The molecule has 0 bridgehead atoms. The van der Waals surface area contributed by atoms with E-state index >= 15 is 0 Å². The quantitative estimate of drug-likeness (QED) is 0.0779. The fourth-order valence-electron chi connectivity index (χ4n) is 3.26. The van der Waals surface area contributed by atoms with Crippen molar-refractivity contribution in [3.05, 3.63) is 36.5 Å². The lowest BCUT2D eigenvalue weighted by atomic mass is 10.1. The number of allylic oxidation sites excluding steroid dienone is 6. The van der Waals surface area contributed by atoms with Gasteiger partial charge in [-0.25, -0.2) is 0 Å². The lowest BCUT2D eigenvalue weighted by molar-refractivity contribution is -0.166. The molecular formula is C29H50N2O6. The van der Waals surface area contributed by atoms with E-state index in [2.05, 4.69) is 43.4 Å². The van der Waals surface area contributed by atoms with Crippen LogP contribution in [0.25, 0.3) is 0 Å². The van der Waals surface area contributed by atoms with Crippen molar-refractivity contribution in [2.24, 2.45) is 11.5 Å². The van der Waals surface area contributed by atoms with Gasteiger partial charge in [0.25, 0.3) is 0 Å². The molecule has 4 N–H and O–H groups in total. The molecule has 8 nitrogen and oxygen atoms in total. The average molecular weight is 523 g/mol. The van der Waals surface area contributed by atoms with Gasteiger partial charge < -0.3 is 25.7 Å². The molecule has 0 heterocycles. The molecule has 1 unspecified atom stereocenters. The lowest BCUT2D eigenvalue weighted by Gasteiger charge is -2.18. The zero-order valence-corrected chi connectivity index (χ0v) is 22.9. The first-order valence-electron chi connectivity index (χ1n) is 13.9. The molecule has 0 fully saturated rings. The van der Waals surface area contributed by atoms with Crippen LogP contribution in [0.5, 0.6) is 0 Å². The first kappa shape index (κ1) is 34.6. The Kier molecular flexibility index (Phi) is 24.8. The van der Waals surface area contributed by atoms with Crippen LogP contribution in [0.2, 0.25) is 0 Å². The third-order valence-electron chi connectivity index (χ3n) is 5.36. The SMILES string of the molecule is CC/C=C/C/C=C/C/C=C/CCCCCCCC(=O)OCC(COC(=O)CCCN)OC(=O)CCCN. The molecule has 0 saturated heterocycles. The van der Waals surface area contributed by atoms with Gasteiger partial charge in [0.1, 0.15) is 13.2 Å². The Bertz CT molecular complexity index is 675. The topological polar surface area (TPSA) is 131 Å². The Balaban J connectivity index is 4.01. The molecule has 0 aliphatic rings. The highest BCUT2D eigenvalue weighted by atomic mass is 16.6. The van der Waals surface area contributed by atoms with Gasteiger partial charge in [0.2, 0.25) is 0 Å². The second-order valence-corrected chi connectivity index (χ2v) is 8.86. The van der Waals surface area contributed by atoms with E-state index in [0.717, 1.165) is 57.8 Å². The molecule has 0 rings (SSSR count). The minimum absolute atomic E-state index is 0.145. The van der Waals surface area contributed by atoms with Crippen LogP contribution < -0.4 is 11.5 Å². The number of carbonyl (C=O) groups excluding carboxylic acids is 3. The smallest absolute Gasteiger partial charge is 0.306 e. The maximum Gasteiger partial charge on any atom is 0.306 e. The van der Waals surface area contributed by atoms with E-state index in [-0.39, 0.29) is 32.0 Å². The van der Waals surface area contributed by atoms with E-state index < -0.39 is 18.0 Å². The molecule has 0 aliphatic carbocycles. The van der Waals surface area contributed by atoms with Crippen LogP contribution >= 0.6 is 0 Å². The molecule has 0 aromatic heterocycles. The Hall–Kier alpha value is -2.45. The standard InChI is InChI=1S/C29H50N2O6/c1-2-3-4-5-6-7-8-9-10-11-12-13-14-15-16-19-27(32)35-24-26(37-29(34)21-18-23-31)25-36-28(33)20-17-22-30/h3-4,6-7,9-10,26H,2,5,8,11-25,30-31H2,1H3/b4-3+,7-6+,10-9+. The molecule has 0 amide bonds. The fraction of sp³-hybridized carbons (Fsp3) is 0.690. The first-order valence-corrected chi connectivity index (χ1v) is 13.9. The maximum absolute atomic E-state index is 12.1. The highest BCUT2D eigenvalue weighted by molar-refractivity contribution is 5.71. The molecule has 0 saturated carbocycles. The molecule has 212 valence electrons. The number of carbonyl (C=O) groups is 3. The molecule has 0 spiro atoms. The Morgan fingerprint density at radius 3 is 1.70 bits per heavy atom. The van der Waals surface area contributed by atoms with Crippen molar-refractivity contribution in [3.8, 4) is 0 Å². The van der Waals surface area contributed by atoms with Crippen LogP contribution in [0, 0.1) is 0 Å². The summed E-state index contributed by atoms with van der Waals surface area (Å²) in [5.74, 6) is -1.24. The lowest BCUT2D eigenvalue weighted by Crippen LogP contribution is -2.31. The summed E-state index contributed by atoms with van der Waals surface area (Å²) in [6.07, 6.45) is 23.2. The monoisotopic (exact) mass is 522 g/mol. The van der Waals surface area contributed by atoms with Gasteiger partial charge in [-0.2, -0.15) is 0 Å². The van der Waals surface area contributed by atoms with E-state index in [1.165, 1.54) is 0 Å². The van der Waals surface area contributed by atoms with Gasteiger partial charge >= 0.3 is 17.9 Å². The predicted molar refractivity (Wildman–Crippen MR) is 148 cm³/mol. The minimum Gasteiger partial charge on any atom is -0.462 e. The van der Waals surface area contributed by atoms with Crippen molar-refractivity contribution in [2.45, 2.75) is 103 Å². The Labute approximate surface area is 223 Å². The van der Waals surface area contributed by atoms with Gasteiger partial charge in [-0.05, 0) is 64.5 Å². The summed E-state index contributed by atoms with van der Waals surface area (Å²) in [5, 5.41) is 0. The van der Waals surface area contributed by atoms with E-state index in [1.54, 1.807) is 0 Å². The summed E-state index contributed by atoms with van der Waals surface area (Å²) < 4.78 is 15.7. The number of ether oxygens (including phenoxy) is 3. The number of rotatable bonds is 24. The van der Waals surface area contributed by atoms with E-state index in [4.69, 9.17) is 25.7 Å².